The summed E-state index contributed by atoms with van der Waals surface area (Å²) in [5.74, 6) is 0.552. The minimum absolute atomic E-state index is 0.171. The standard InChI is InChI=1S/C23H20N4O4/c1-31-18-10-6-15(7-11-18)13-25-21(28)17-8-4-16(5-9-17)14-27-20-19(3-2-12-24-20)26-22(29)23(27)30/h2-12H,13-14H2,1H3,(H,25,28)(H,26,29). The van der Waals surface area contributed by atoms with Gasteiger partial charge in [-0.1, -0.05) is 24.3 Å². The molecule has 0 unspecified atom stereocenters. The van der Waals surface area contributed by atoms with Crippen LogP contribution in [0.4, 0.5) is 0 Å². The summed E-state index contributed by atoms with van der Waals surface area (Å²) in [6.45, 7) is 0.564. The minimum Gasteiger partial charge on any atom is -0.497 e. The number of carbonyl (C=O) groups is 1. The fourth-order valence-electron chi connectivity index (χ4n) is 3.22. The van der Waals surface area contributed by atoms with Gasteiger partial charge in [0.05, 0.1) is 19.2 Å². The second kappa shape index (κ2) is 8.66. The third-order valence-corrected chi connectivity index (χ3v) is 4.90. The second-order valence-corrected chi connectivity index (χ2v) is 6.95. The Bertz CT molecular complexity index is 1340. The number of carbonyl (C=O) groups excluding carboxylic acids is 1. The van der Waals surface area contributed by atoms with Crippen molar-refractivity contribution >= 4 is 17.1 Å². The highest BCUT2D eigenvalue weighted by Gasteiger charge is 2.10. The molecule has 2 N–H and O–H groups in total. The number of benzene rings is 2. The topological polar surface area (TPSA) is 106 Å². The maximum Gasteiger partial charge on any atom is 0.318 e. The number of nitrogens with one attached hydrogen (secondary N) is 2. The summed E-state index contributed by atoms with van der Waals surface area (Å²) in [7, 11) is 1.60. The van der Waals surface area contributed by atoms with E-state index >= 15 is 0 Å². The number of hydrogen-bond donors (Lipinski definition) is 2. The van der Waals surface area contributed by atoms with Gasteiger partial charge in [0.1, 0.15) is 5.75 Å². The molecule has 2 aromatic heterocycles. The first-order valence-electron chi connectivity index (χ1n) is 9.63. The molecule has 0 bridgehead atoms. The Hall–Kier alpha value is -4.20. The summed E-state index contributed by atoms with van der Waals surface area (Å²) in [6, 6.07) is 17.7. The molecule has 8 nitrogen and oxygen atoms in total. The Labute approximate surface area is 177 Å². The molecule has 0 fully saturated rings. The zero-order chi connectivity index (χ0) is 21.8. The molecule has 31 heavy (non-hydrogen) atoms. The van der Waals surface area contributed by atoms with Gasteiger partial charge in [-0.2, -0.15) is 0 Å². The van der Waals surface area contributed by atoms with E-state index in [1.54, 1.807) is 49.7 Å². The molecular formula is C23H20N4O4. The molecule has 0 aliphatic heterocycles. The highest BCUT2D eigenvalue weighted by Crippen LogP contribution is 2.12. The fraction of sp³-hybridized carbons (Fsp3) is 0.130. The van der Waals surface area contributed by atoms with Crippen LogP contribution in [-0.2, 0) is 13.1 Å². The molecule has 0 atom stereocenters. The molecule has 0 radical (unpaired) electrons. The van der Waals surface area contributed by atoms with Gasteiger partial charge in [0, 0.05) is 18.3 Å². The van der Waals surface area contributed by atoms with E-state index in [0.29, 0.717) is 23.3 Å². The lowest BCUT2D eigenvalue weighted by atomic mass is 10.1. The SMILES string of the molecule is COc1ccc(CNC(=O)c2ccc(Cn3c(=O)c(=O)[nH]c4cccnc43)cc2)cc1. The zero-order valence-corrected chi connectivity index (χ0v) is 16.8. The van der Waals surface area contributed by atoms with Crippen molar-refractivity contribution in [2.45, 2.75) is 13.1 Å². The first-order chi connectivity index (χ1) is 15.0. The van der Waals surface area contributed by atoms with Gasteiger partial charge in [-0.25, -0.2) is 4.98 Å². The lowest BCUT2D eigenvalue weighted by molar-refractivity contribution is 0.0951. The molecule has 1 amide bonds. The van der Waals surface area contributed by atoms with Crippen LogP contribution in [0.5, 0.6) is 5.75 Å². The van der Waals surface area contributed by atoms with Gasteiger partial charge < -0.3 is 15.0 Å². The number of pyridine rings is 1. The van der Waals surface area contributed by atoms with E-state index < -0.39 is 11.1 Å². The van der Waals surface area contributed by atoms with E-state index in [0.717, 1.165) is 16.9 Å². The molecular weight excluding hydrogens is 396 g/mol. The van der Waals surface area contributed by atoms with Crippen molar-refractivity contribution in [1.29, 1.82) is 0 Å². The average Bonchev–Trinajstić information content (AvgIpc) is 2.81. The molecule has 0 spiro atoms. The van der Waals surface area contributed by atoms with E-state index in [9.17, 15) is 14.4 Å². The predicted molar refractivity (Wildman–Crippen MR) is 116 cm³/mol. The molecule has 2 aromatic carbocycles. The number of hydrogen-bond acceptors (Lipinski definition) is 5. The van der Waals surface area contributed by atoms with Crippen molar-refractivity contribution in [3.63, 3.8) is 0 Å². The number of aromatic nitrogens is 3. The lowest BCUT2D eigenvalue weighted by Crippen LogP contribution is -2.36. The number of nitrogens with zero attached hydrogens (tertiary/aromatic N) is 2. The number of rotatable bonds is 6. The van der Waals surface area contributed by atoms with Crippen molar-refractivity contribution < 1.29 is 9.53 Å². The van der Waals surface area contributed by atoms with Crippen LogP contribution >= 0.6 is 0 Å². The summed E-state index contributed by atoms with van der Waals surface area (Å²) >= 11 is 0. The maximum atomic E-state index is 12.4. The Kier molecular flexibility index (Phi) is 5.61. The van der Waals surface area contributed by atoms with Crippen molar-refractivity contribution in [1.82, 2.24) is 19.9 Å². The summed E-state index contributed by atoms with van der Waals surface area (Å²) in [4.78, 5) is 43.4. The van der Waals surface area contributed by atoms with E-state index in [2.05, 4.69) is 15.3 Å². The molecule has 0 saturated carbocycles. The van der Waals surface area contributed by atoms with Crippen molar-refractivity contribution in [2.75, 3.05) is 7.11 Å². The Balaban J connectivity index is 1.48. The fourth-order valence-corrected chi connectivity index (χ4v) is 3.22. The zero-order valence-electron chi connectivity index (χ0n) is 16.8. The minimum atomic E-state index is -0.699. The highest BCUT2D eigenvalue weighted by molar-refractivity contribution is 5.94. The van der Waals surface area contributed by atoms with Crippen LogP contribution in [0.2, 0.25) is 0 Å². The maximum absolute atomic E-state index is 12.4. The van der Waals surface area contributed by atoms with Crippen molar-refractivity contribution in [3.05, 3.63) is 104 Å². The molecule has 0 aliphatic carbocycles. The molecule has 8 heteroatoms. The molecule has 2 heterocycles. The van der Waals surface area contributed by atoms with E-state index in [1.165, 1.54) is 4.57 Å². The predicted octanol–water partition coefficient (Wildman–Crippen LogP) is 2.07. The van der Waals surface area contributed by atoms with Crippen LogP contribution in [0.1, 0.15) is 21.5 Å². The highest BCUT2D eigenvalue weighted by atomic mass is 16.5. The Morgan fingerprint density at radius 1 is 1.03 bits per heavy atom. The monoisotopic (exact) mass is 416 g/mol. The Morgan fingerprint density at radius 2 is 1.74 bits per heavy atom. The third-order valence-electron chi connectivity index (χ3n) is 4.90. The number of methoxy groups -OCH3 is 1. The summed E-state index contributed by atoms with van der Waals surface area (Å²) < 4.78 is 6.45. The summed E-state index contributed by atoms with van der Waals surface area (Å²) in [6.07, 6.45) is 1.56. The molecule has 0 aliphatic rings. The van der Waals surface area contributed by atoms with Gasteiger partial charge in [0.25, 0.3) is 5.91 Å². The van der Waals surface area contributed by atoms with Crippen molar-refractivity contribution in [3.8, 4) is 5.75 Å². The quantitative estimate of drug-likeness (QED) is 0.468. The van der Waals surface area contributed by atoms with Gasteiger partial charge in [-0.15, -0.1) is 0 Å². The number of fused-ring (bicyclic) bond motifs is 1. The molecule has 156 valence electrons. The number of aromatic amines is 1. The third kappa shape index (κ3) is 4.37. The lowest BCUT2D eigenvalue weighted by Gasteiger charge is -2.10. The van der Waals surface area contributed by atoms with Crippen LogP contribution in [0, 0.1) is 0 Å². The van der Waals surface area contributed by atoms with Crippen LogP contribution in [-0.4, -0.2) is 27.6 Å². The van der Waals surface area contributed by atoms with Gasteiger partial charge in [-0.05, 0) is 47.5 Å². The van der Waals surface area contributed by atoms with Crippen LogP contribution in [0.15, 0.2) is 76.4 Å². The Morgan fingerprint density at radius 3 is 2.45 bits per heavy atom. The molecule has 4 aromatic rings. The van der Waals surface area contributed by atoms with Gasteiger partial charge >= 0.3 is 11.1 Å². The van der Waals surface area contributed by atoms with Crippen LogP contribution in [0.3, 0.4) is 0 Å². The average molecular weight is 416 g/mol. The second-order valence-electron chi connectivity index (χ2n) is 6.95. The van der Waals surface area contributed by atoms with Gasteiger partial charge in [-0.3, -0.25) is 19.0 Å². The normalized spacial score (nSPS) is 10.7. The smallest absolute Gasteiger partial charge is 0.318 e. The van der Waals surface area contributed by atoms with Gasteiger partial charge in [0.2, 0.25) is 0 Å². The van der Waals surface area contributed by atoms with E-state index in [-0.39, 0.29) is 12.5 Å². The number of H-pyrrole nitrogens is 1. The summed E-state index contributed by atoms with van der Waals surface area (Å²) in [5.41, 5.74) is 1.74. The largest absolute Gasteiger partial charge is 0.497 e. The van der Waals surface area contributed by atoms with Crippen molar-refractivity contribution in [2.24, 2.45) is 0 Å². The number of ether oxygens (including phenoxy) is 1. The van der Waals surface area contributed by atoms with Gasteiger partial charge in [0.15, 0.2) is 5.65 Å². The number of amides is 1. The molecule has 0 saturated heterocycles. The van der Waals surface area contributed by atoms with E-state index in [4.69, 9.17) is 4.74 Å². The van der Waals surface area contributed by atoms with Crippen LogP contribution < -0.4 is 21.2 Å². The first kappa shape index (κ1) is 20.1. The van der Waals surface area contributed by atoms with Crippen LogP contribution in [0.25, 0.3) is 11.2 Å². The first-order valence-corrected chi connectivity index (χ1v) is 9.63. The molecule has 4 rings (SSSR count). The van der Waals surface area contributed by atoms with E-state index in [1.807, 2.05) is 24.3 Å². The summed E-state index contributed by atoms with van der Waals surface area (Å²) in [5, 5.41) is 2.87.